The maximum Gasteiger partial charge on any atom is 0.247 e. The molecule has 0 unspecified atom stereocenters. The minimum Gasteiger partial charge on any atom is -0.339 e. The first-order chi connectivity index (χ1) is 16.0. The van der Waals surface area contributed by atoms with Crippen LogP contribution in [0.15, 0.2) is 72.6 Å². The summed E-state index contributed by atoms with van der Waals surface area (Å²) >= 11 is 1.57. The molecule has 0 aliphatic carbocycles. The number of thiophene rings is 1. The van der Waals surface area contributed by atoms with Gasteiger partial charge < -0.3 is 20.9 Å². The van der Waals surface area contributed by atoms with Crippen molar-refractivity contribution in [3.05, 3.63) is 78.2 Å². The first-order valence-corrected chi connectivity index (χ1v) is 11.4. The van der Waals surface area contributed by atoms with Crippen molar-refractivity contribution in [1.29, 1.82) is 0 Å². The van der Waals surface area contributed by atoms with E-state index in [1.165, 1.54) is 11.6 Å². The molecule has 8 heteroatoms. The van der Waals surface area contributed by atoms with Crippen molar-refractivity contribution in [2.24, 2.45) is 0 Å². The van der Waals surface area contributed by atoms with E-state index in [1.807, 2.05) is 47.8 Å². The zero-order chi connectivity index (χ0) is 23.2. The van der Waals surface area contributed by atoms with Crippen LogP contribution in [0.5, 0.6) is 0 Å². The molecule has 2 heterocycles. The SMILES string of the molecule is C=CC(=O)Nc1cccc(Nc2nc(Nc3ccc(CCN(C)C)cc3)nc3ccsc23)c1. The summed E-state index contributed by atoms with van der Waals surface area (Å²) in [5.41, 5.74) is 4.56. The Balaban J connectivity index is 1.54. The molecule has 7 nitrogen and oxygen atoms in total. The molecular formula is C25H26N6OS. The normalized spacial score (nSPS) is 10.9. The molecule has 168 valence electrons. The van der Waals surface area contributed by atoms with Crippen molar-refractivity contribution in [2.75, 3.05) is 36.6 Å². The lowest BCUT2D eigenvalue weighted by atomic mass is 10.1. The van der Waals surface area contributed by atoms with Gasteiger partial charge in [-0.25, -0.2) is 4.98 Å². The van der Waals surface area contributed by atoms with Gasteiger partial charge in [-0.1, -0.05) is 24.8 Å². The van der Waals surface area contributed by atoms with Crippen LogP contribution in [0.1, 0.15) is 5.56 Å². The monoisotopic (exact) mass is 458 g/mol. The molecule has 3 N–H and O–H groups in total. The fourth-order valence-electron chi connectivity index (χ4n) is 3.25. The van der Waals surface area contributed by atoms with Gasteiger partial charge in [-0.2, -0.15) is 4.98 Å². The number of hydrogen-bond donors (Lipinski definition) is 3. The Bertz CT molecular complexity index is 1270. The van der Waals surface area contributed by atoms with Crippen LogP contribution in [-0.4, -0.2) is 41.4 Å². The minimum atomic E-state index is -0.256. The van der Waals surface area contributed by atoms with Gasteiger partial charge in [-0.05, 0) is 73.9 Å². The number of rotatable bonds is 9. The molecule has 0 aliphatic heterocycles. The molecule has 0 aliphatic rings. The Kier molecular flexibility index (Phi) is 6.97. The van der Waals surface area contributed by atoms with Crippen molar-refractivity contribution in [2.45, 2.75) is 6.42 Å². The van der Waals surface area contributed by atoms with Crippen molar-refractivity contribution < 1.29 is 4.79 Å². The smallest absolute Gasteiger partial charge is 0.247 e. The van der Waals surface area contributed by atoms with Crippen LogP contribution in [-0.2, 0) is 11.2 Å². The Morgan fingerprint density at radius 1 is 1.03 bits per heavy atom. The lowest BCUT2D eigenvalue weighted by Crippen LogP contribution is -2.14. The number of benzene rings is 2. The molecule has 0 bridgehead atoms. The summed E-state index contributed by atoms with van der Waals surface area (Å²) < 4.78 is 0.958. The zero-order valence-electron chi connectivity index (χ0n) is 18.6. The predicted molar refractivity (Wildman–Crippen MR) is 138 cm³/mol. The van der Waals surface area contributed by atoms with Gasteiger partial charge >= 0.3 is 0 Å². The largest absolute Gasteiger partial charge is 0.339 e. The summed E-state index contributed by atoms with van der Waals surface area (Å²) in [6, 6.07) is 17.8. The van der Waals surface area contributed by atoms with Crippen LogP contribution in [0.25, 0.3) is 10.2 Å². The number of nitrogens with one attached hydrogen (secondary N) is 3. The number of hydrogen-bond acceptors (Lipinski definition) is 7. The molecule has 1 amide bonds. The molecule has 0 spiro atoms. The average Bonchev–Trinajstić information content (AvgIpc) is 3.28. The summed E-state index contributed by atoms with van der Waals surface area (Å²) in [6.07, 6.45) is 2.25. The highest BCUT2D eigenvalue weighted by Gasteiger charge is 2.11. The maximum absolute atomic E-state index is 11.6. The van der Waals surface area contributed by atoms with Crippen molar-refractivity contribution >= 4 is 56.3 Å². The quantitative estimate of drug-likeness (QED) is 0.291. The lowest BCUT2D eigenvalue weighted by Gasteiger charge is -2.12. The number of carbonyl (C=O) groups is 1. The second kappa shape index (κ2) is 10.2. The van der Waals surface area contributed by atoms with Gasteiger partial charge in [-0.3, -0.25) is 4.79 Å². The number of aromatic nitrogens is 2. The summed E-state index contributed by atoms with van der Waals surface area (Å²) in [5, 5.41) is 11.4. The third kappa shape index (κ3) is 5.94. The number of fused-ring (bicyclic) bond motifs is 1. The molecular weight excluding hydrogens is 432 g/mol. The number of anilines is 5. The molecule has 0 fully saturated rings. The average molecular weight is 459 g/mol. The first kappa shape index (κ1) is 22.4. The topological polar surface area (TPSA) is 82.2 Å². The third-order valence-corrected chi connectivity index (χ3v) is 5.85. The molecule has 2 aromatic carbocycles. The molecule has 0 saturated carbocycles. The van der Waals surface area contributed by atoms with E-state index in [9.17, 15) is 4.79 Å². The van der Waals surface area contributed by atoms with Crippen LogP contribution in [0, 0.1) is 0 Å². The van der Waals surface area contributed by atoms with Crippen molar-refractivity contribution in [3.8, 4) is 0 Å². The first-order valence-electron chi connectivity index (χ1n) is 10.6. The van der Waals surface area contributed by atoms with Crippen LogP contribution < -0.4 is 16.0 Å². The number of nitrogens with zero attached hydrogens (tertiary/aromatic N) is 3. The second-order valence-corrected chi connectivity index (χ2v) is 8.72. The van der Waals surface area contributed by atoms with Crippen LogP contribution in [0.4, 0.5) is 28.8 Å². The summed E-state index contributed by atoms with van der Waals surface area (Å²) in [7, 11) is 4.15. The Hall–Kier alpha value is -3.75. The van der Waals surface area contributed by atoms with Gasteiger partial charge in [-0.15, -0.1) is 11.3 Å². The standard InChI is InChI=1S/C25H26N6OS/c1-4-22(32)26-19-6-5-7-20(16-19)27-24-23-21(13-15-33-23)29-25(30-24)28-18-10-8-17(9-11-18)12-14-31(2)3/h4-11,13,15-16H,1,12,14H2,2-3H3,(H,26,32)(H2,27,28,29,30). The third-order valence-electron chi connectivity index (χ3n) is 4.94. The zero-order valence-corrected chi connectivity index (χ0v) is 19.4. The Morgan fingerprint density at radius 3 is 2.58 bits per heavy atom. The summed E-state index contributed by atoms with van der Waals surface area (Å²) in [4.78, 5) is 23.2. The van der Waals surface area contributed by atoms with Gasteiger partial charge in [0, 0.05) is 23.6 Å². The van der Waals surface area contributed by atoms with Crippen LogP contribution in [0.3, 0.4) is 0 Å². The maximum atomic E-state index is 11.6. The highest BCUT2D eigenvalue weighted by molar-refractivity contribution is 7.17. The van der Waals surface area contributed by atoms with Gasteiger partial charge in [0.2, 0.25) is 11.9 Å². The molecule has 0 atom stereocenters. The van der Waals surface area contributed by atoms with E-state index in [2.05, 4.69) is 58.6 Å². The van der Waals surface area contributed by atoms with E-state index in [1.54, 1.807) is 11.3 Å². The lowest BCUT2D eigenvalue weighted by molar-refractivity contribution is -0.111. The van der Waals surface area contributed by atoms with E-state index < -0.39 is 0 Å². The molecule has 0 radical (unpaired) electrons. The molecule has 2 aromatic heterocycles. The van der Waals surface area contributed by atoms with E-state index in [0.29, 0.717) is 17.5 Å². The molecule has 33 heavy (non-hydrogen) atoms. The van der Waals surface area contributed by atoms with Crippen LogP contribution in [0.2, 0.25) is 0 Å². The number of likely N-dealkylation sites (N-methyl/N-ethyl adjacent to an activating group) is 1. The van der Waals surface area contributed by atoms with E-state index in [-0.39, 0.29) is 5.91 Å². The second-order valence-electron chi connectivity index (χ2n) is 7.81. The van der Waals surface area contributed by atoms with E-state index >= 15 is 0 Å². The number of amides is 1. The van der Waals surface area contributed by atoms with Crippen LogP contribution >= 0.6 is 11.3 Å². The molecule has 4 aromatic rings. The fraction of sp³-hybridized carbons (Fsp3) is 0.160. The molecule has 4 rings (SSSR count). The summed E-state index contributed by atoms with van der Waals surface area (Å²) in [6.45, 7) is 4.50. The number of carbonyl (C=O) groups excluding carboxylic acids is 1. The summed E-state index contributed by atoms with van der Waals surface area (Å²) in [5.74, 6) is 0.960. The molecule has 0 saturated heterocycles. The Labute approximate surface area is 197 Å². The van der Waals surface area contributed by atoms with Gasteiger partial charge in [0.1, 0.15) is 0 Å². The van der Waals surface area contributed by atoms with Gasteiger partial charge in [0.15, 0.2) is 5.82 Å². The van der Waals surface area contributed by atoms with Gasteiger partial charge in [0.05, 0.1) is 10.2 Å². The van der Waals surface area contributed by atoms with Gasteiger partial charge in [0.25, 0.3) is 0 Å². The van der Waals surface area contributed by atoms with Crippen molar-refractivity contribution in [1.82, 2.24) is 14.9 Å². The highest BCUT2D eigenvalue weighted by atomic mass is 32.1. The van der Waals surface area contributed by atoms with E-state index in [0.717, 1.165) is 34.6 Å². The minimum absolute atomic E-state index is 0.256. The Morgan fingerprint density at radius 2 is 1.82 bits per heavy atom. The van der Waals surface area contributed by atoms with E-state index in [4.69, 9.17) is 4.98 Å². The predicted octanol–water partition coefficient (Wildman–Crippen LogP) is 5.41. The van der Waals surface area contributed by atoms with Crippen molar-refractivity contribution in [3.63, 3.8) is 0 Å². The fourth-order valence-corrected chi connectivity index (χ4v) is 4.02. The highest BCUT2D eigenvalue weighted by Crippen LogP contribution is 2.31.